The summed E-state index contributed by atoms with van der Waals surface area (Å²) in [5, 5.41) is 0. The molecule has 1 unspecified atom stereocenters. The Morgan fingerprint density at radius 2 is 0.621 bits per heavy atom. The Balaban J connectivity index is 4.29. The second kappa shape index (κ2) is 47.3. The van der Waals surface area contributed by atoms with Gasteiger partial charge in [0.2, 0.25) is 0 Å². The normalized spacial score (nSPS) is 12.3. The molecule has 0 amide bonds. The molecule has 0 aliphatic rings. The predicted octanol–water partition coefficient (Wildman–Crippen LogP) is 16.1. The number of unbranched alkanes of at least 4 members (excludes halogenated alkanes) is 28. The molecule has 0 aromatic heterocycles. The third kappa shape index (κ3) is 44.7. The Morgan fingerprint density at radius 1 is 0.345 bits per heavy atom. The topological polar surface area (TPSA) is 78.9 Å². The van der Waals surface area contributed by atoms with Gasteiger partial charge in [-0.2, -0.15) is 0 Å². The first-order valence-corrected chi connectivity index (χ1v) is 25.0. The molecule has 0 heterocycles. The highest BCUT2D eigenvalue weighted by atomic mass is 16.6. The zero-order chi connectivity index (χ0) is 42.3. The molecule has 0 N–H and O–H groups in total. The molecule has 0 spiro atoms. The van der Waals surface area contributed by atoms with Gasteiger partial charge in [0.25, 0.3) is 0 Å². The molecular formula is C52H94O6. The van der Waals surface area contributed by atoms with E-state index in [1.807, 2.05) is 0 Å². The van der Waals surface area contributed by atoms with Crippen molar-refractivity contribution in [3.8, 4) is 0 Å². The van der Waals surface area contributed by atoms with Crippen molar-refractivity contribution < 1.29 is 28.6 Å². The monoisotopic (exact) mass is 815 g/mol. The van der Waals surface area contributed by atoms with Crippen LogP contribution in [0.25, 0.3) is 0 Å². The zero-order valence-corrected chi connectivity index (χ0v) is 38.6. The van der Waals surface area contributed by atoms with Crippen LogP contribution < -0.4 is 0 Å². The van der Waals surface area contributed by atoms with E-state index in [1.54, 1.807) is 0 Å². The van der Waals surface area contributed by atoms with E-state index < -0.39 is 6.10 Å². The summed E-state index contributed by atoms with van der Waals surface area (Å²) in [4.78, 5) is 37.8. The molecule has 6 heteroatoms. The van der Waals surface area contributed by atoms with Crippen LogP contribution in [0.5, 0.6) is 0 Å². The van der Waals surface area contributed by atoms with Crippen LogP contribution in [0, 0.1) is 0 Å². The predicted molar refractivity (Wildman–Crippen MR) is 247 cm³/mol. The second-order valence-corrected chi connectivity index (χ2v) is 16.7. The van der Waals surface area contributed by atoms with Crippen molar-refractivity contribution in [2.24, 2.45) is 0 Å². The minimum Gasteiger partial charge on any atom is -0.462 e. The van der Waals surface area contributed by atoms with Gasteiger partial charge < -0.3 is 14.2 Å². The largest absolute Gasteiger partial charge is 0.462 e. The fourth-order valence-corrected chi connectivity index (χ4v) is 7.10. The summed E-state index contributed by atoms with van der Waals surface area (Å²) in [5.74, 6) is -0.882. The highest BCUT2D eigenvalue weighted by molar-refractivity contribution is 5.71. The molecule has 0 radical (unpaired) electrons. The Morgan fingerprint density at radius 3 is 1.00 bits per heavy atom. The average molecular weight is 815 g/mol. The molecule has 6 nitrogen and oxygen atoms in total. The summed E-state index contributed by atoms with van der Waals surface area (Å²) < 4.78 is 16.7. The van der Waals surface area contributed by atoms with Crippen LogP contribution in [-0.2, 0) is 28.6 Å². The van der Waals surface area contributed by atoms with E-state index in [0.717, 1.165) is 77.0 Å². The van der Waals surface area contributed by atoms with Crippen molar-refractivity contribution in [2.75, 3.05) is 13.2 Å². The second-order valence-electron chi connectivity index (χ2n) is 16.7. The van der Waals surface area contributed by atoms with Crippen LogP contribution in [0.4, 0.5) is 0 Å². The van der Waals surface area contributed by atoms with Gasteiger partial charge in [0.1, 0.15) is 13.2 Å². The zero-order valence-electron chi connectivity index (χ0n) is 38.6. The maximum Gasteiger partial charge on any atom is 0.306 e. The summed E-state index contributed by atoms with van der Waals surface area (Å²) in [5.41, 5.74) is 0. The molecule has 0 bridgehead atoms. The lowest BCUT2D eigenvalue weighted by Gasteiger charge is -2.18. The summed E-state index contributed by atoms with van der Waals surface area (Å²) >= 11 is 0. The first kappa shape index (κ1) is 55.6. The molecule has 0 aromatic rings. The van der Waals surface area contributed by atoms with Crippen molar-refractivity contribution in [3.63, 3.8) is 0 Å². The first-order valence-electron chi connectivity index (χ1n) is 25.0. The number of rotatable bonds is 45. The Labute approximate surface area is 359 Å². The van der Waals surface area contributed by atoms with Crippen LogP contribution in [0.3, 0.4) is 0 Å². The third-order valence-corrected chi connectivity index (χ3v) is 10.9. The van der Waals surface area contributed by atoms with Crippen molar-refractivity contribution in [2.45, 2.75) is 264 Å². The third-order valence-electron chi connectivity index (χ3n) is 10.9. The standard InChI is InChI=1S/C52H94O6/c1-4-7-10-13-16-19-21-23-24-25-26-27-28-30-31-33-36-39-42-45-51(54)57-48-49(47-56-50(53)44-41-38-35-18-15-12-9-6-3)58-52(55)46-43-40-37-34-32-29-22-20-17-14-11-8-5-2/h16,19,23-24,26-27,49H,4-15,17-18,20-22,25,28-48H2,1-3H3/b19-16-,24-23-,27-26-. The van der Waals surface area contributed by atoms with Crippen LogP contribution in [-0.4, -0.2) is 37.2 Å². The number of esters is 3. The van der Waals surface area contributed by atoms with E-state index >= 15 is 0 Å². The number of hydrogen-bond acceptors (Lipinski definition) is 6. The van der Waals surface area contributed by atoms with E-state index in [2.05, 4.69) is 57.2 Å². The molecule has 0 saturated carbocycles. The molecule has 0 fully saturated rings. The number of carbonyl (C=O) groups is 3. The van der Waals surface area contributed by atoms with Gasteiger partial charge in [0.05, 0.1) is 0 Å². The van der Waals surface area contributed by atoms with Crippen molar-refractivity contribution in [1.29, 1.82) is 0 Å². The van der Waals surface area contributed by atoms with E-state index in [9.17, 15) is 14.4 Å². The number of ether oxygens (including phenoxy) is 3. The lowest BCUT2D eigenvalue weighted by Crippen LogP contribution is -2.30. The number of carbonyl (C=O) groups excluding carboxylic acids is 3. The smallest absolute Gasteiger partial charge is 0.306 e. The van der Waals surface area contributed by atoms with Gasteiger partial charge in [0.15, 0.2) is 6.10 Å². The molecule has 1 atom stereocenters. The number of allylic oxidation sites excluding steroid dienone is 6. The van der Waals surface area contributed by atoms with Crippen molar-refractivity contribution >= 4 is 17.9 Å². The van der Waals surface area contributed by atoms with E-state index in [1.165, 1.54) is 141 Å². The minimum atomic E-state index is -0.770. The van der Waals surface area contributed by atoms with Gasteiger partial charge in [-0.3, -0.25) is 14.4 Å². The Kier molecular flexibility index (Phi) is 45.4. The van der Waals surface area contributed by atoms with Gasteiger partial charge in [-0.1, -0.05) is 218 Å². The van der Waals surface area contributed by atoms with Gasteiger partial charge in [-0.15, -0.1) is 0 Å². The Bertz CT molecular complexity index is 984. The van der Waals surface area contributed by atoms with Crippen LogP contribution in [0.1, 0.15) is 258 Å². The highest BCUT2D eigenvalue weighted by Gasteiger charge is 2.19. The molecule has 338 valence electrons. The fraction of sp³-hybridized carbons (Fsp3) is 0.827. The summed E-state index contributed by atoms with van der Waals surface area (Å²) in [6, 6.07) is 0. The van der Waals surface area contributed by atoms with Gasteiger partial charge >= 0.3 is 17.9 Å². The van der Waals surface area contributed by atoms with Crippen LogP contribution in [0.15, 0.2) is 36.5 Å². The lowest BCUT2D eigenvalue weighted by atomic mass is 10.0. The molecule has 0 rings (SSSR count). The first-order chi connectivity index (χ1) is 28.5. The SMILES string of the molecule is CCCCC/C=C\C/C=C\C/C=C\CCCCCCCCC(=O)OCC(COC(=O)CCCCCCCCCC)OC(=O)CCCCCCCCCCCCCCC. The van der Waals surface area contributed by atoms with E-state index in [0.29, 0.717) is 19.3 Å². The number of hydrogen-bond donors (Lipinski definition) is 0. The average Bonchev–Trinajstić information content (AvgIpc) is 3.22. The van der Waals surface area contributed by atoms with Crippen LogP contribution in [0.2, 0.25) is 0 Å². The molecule has 58 heavy (non-hydrogen) atoms. The maximum absolute atomic E-state index is 12.7. The van der Waals surface area contributed by atoms with Gasteiger partial charge in [-0.25, -0.2) is 0 Å². The summed E-state index contributed by atoms with van der Waals surface area (Å²) in [6.07, 6.45) is 54.1. The molecule has 0 saturated heterocycles. The molecule has 0 aliphatic carbocycles. The quantitative estimate of drug-likeness (QED) is 0.0264. The molecule has 0 aromatic carbocycles. The lowest BCUT2D eigenvalue weighted by molar-refractivity contribution is -0.167. The van der Waals surface area contributed by atoms with Gasteiger partial charge in [-0.05, 0) is 57.8 Å². The minimum absolute atomic E-state index is 0.0732. The van der Waals surface area contributed by atoms with E-state index in [-0.39, 0.29) is 31.1 Å². The van der Waals surface area contributed by atoms with Crippen LogP contribution >= 0.6 is 0 Å². The van der Waals surface area contributed by atoms with Crippen molar-refractivity contribution in [3.05, 3.63) is 36.5 Å². The summed E-state index contributed by atoms with van der Waals surface area (Å²) in [6.45, 7) is 6.58. The van der Waals surface area contributed by atoms with Gasteiger partial charge in [0, 0.05) is 19.3 Å². The Hall–Kier alpha value is -2.37. The van der Waals surface area contributed by atoms with Crippen molar-refractivity contribution in [1.82, 2.24) is 0 Å². The summed E-state index contributed by atoms with van der Waals surface area (Å²) in [7, 11) is 0. The van der Waals surface area contributed by atoms with E-state index in [4.69, 9.17) is 14.2 Å². The molecule has 0 aliphatic heterocycles. The molecular weight excluding hydrogens is 721 g/mol. The maximum atomic E-state index is 12.7. The highest BCUT2D eigenvalue weighted by Crippen LogP contribution is 2.15. The fourth-order valence-electron chi connectivity index (χ4n) is 7.10.